The minimum atomic E-state index is -3.24. The molecule has 1 fully saturated rings. The predicted molar refractivity (Wildman–Crippen MR) is 112 cm³/mol. The third-order valence-electron chi connectivity index (χ3n) is 3.61. The van der Waals surface area contributed by atoms with E-state index in [-0.39, 0.29) is 24.0 Å². The van der Waals surface area contributed by atoms with Gasteiger partial charge in [-0.2, -0.15) is 0 Å². The molecular weight excluding hydrogens is 441 g/mol. The number of rotatable bonds is 8. The molecule has 7 nitrogen and oxygen atoms in total. The first kappa shape index (κ1) is 23.9. The molecule has 0 radical (unpaired) electrons. The highest BCUT2D eigenvalue weighted by Gasteiger charge is 2.21. The van der Waals surface area contributed by atoms with Gasteiger partial charge in [0.25, 0.3) is 0 Å². The van der Waals surface area contributed by atoms with Gasteiger partial charge in [-0.25, -0.2) is 13.1 Å². The standard InChI is InChI=1S/C15H33N5O2S.HI/c1-5-16-14(17-9-12-20-10-7-6-8-11-20)18-13-15(2,3)19-23(4,21)22;/h19H,5-13H2,1-4H3,(H2,16,17,18);1H. The van der Waals surface area contributed by atoms with Crippen molar-refractivity contribution in [2.24, 2.45) is 4.99 Å². The molecule has 1 saturated heterocycles. The van der Waals surface area contributed by atoms with Gasteiger partial charge in [-0.3, -0.25) is 4.99 Å². The Labute approximate surface area is 164 Å². The van der Waals surface area contributed by atoms with E-state index in [1.165, 1.54) is 38.6 Å². The van der Waals surface area contributed by atoms with Crippen LogP contribution in [0.25, 0.3) is 0 Å². The third kappa shape index (κ3) is 11.4. The summed E-state index contributed by atoms with van der Waals surface area (Å²) >= 11 is 0. The summed E-state index contributed by atoms with van der Waals surface area (Å²) in [5, 5.41) is 6.52. The molecule has 0 unspecified atom stereocenters. The molecule has 0 bridgehead atoms. The van der Waals surface area contributed by atoms with Gasteiger partial charge in [-0.05, 0) is 46.7 Å². The molecule has 0 aromatic rings. The number of halogens is 1. The summed E-state index contributed by atoms with van der Waals surface area (Å²) in [6.45, 7) is 11.0. The van der Waals surface area contributed by atoms with Crippen LogP contribution >= 0.6 is 24.0 Å². The van der Waals surface area contributed by atoms with Crippen LogP contribution < -0.4 is 15.4 Å². The zero-order chi connectivity index (χ0) is 17.3. The first-order valence-electron chi connectivity index (χ1n) is 8.45. The molecule has 1 aliphatic rings. The van der Waals surface area contributed by atoms with Crippen LogP contribution in [0.15, 0.2) is 4.99 Å². The van der Waals surface area contributed by atoms with E-state index in [1.54, 1.807) is 0 Å². The molecule has 3 N–H and O–H groups in total. The maximum atomic E-state index is 11.4. The first-order chi connectivity index (χ1) is 10.7. The number of hydrogen-bond donors (Lipinski definition) is 3. The van der Waals surface area contributed by atoms with E-state index < -0.39 is 15.6 Å². The fourth-order valence-corrected chi connectivity index (χ4v) is 3.74. The second-order valence-electron chi connectivity index (χ2n) is 6.78. The Balaban J connectivity index is 0.00000529. The van der Waals surface area contributed by atoms with Crippen molar-refractivity contribution >= 4 is 40.0 Å². The quantitative estimate of drug-likeness (QED) is 0.277. The normalized spacial score (nSPS) is 17.2. The van der Waals surface area contributed by atoms with Gasteiger partial charge in [0.05, 0.1) is 12.8 Å². The van der Waals surface area contributed by atoms with Crippen molar-refractivity contribution in [3.8, 4) is 0 Å². The highest BCUT2D eigenvalue weighted by atomic mass is 127. The lowest BCUT2D eigenvalue weighted by atomic mass is 10.1. The number of sulfonamides is 1. The van der Waals surface area contributed by atoms with Gasteiger partial charge >= 0.3 is 0 Å². The van der Waals surface area contributed by atoms with Gasteiger partial charge in [0, 0.05) is 25.2 Å². The summed E-state index contributed by atoms with van der Waals surface area (Å²) in [5.41, 5.74) is -0.608. The van der Waals surface area contributed by atoms with E-state index in [9.17, 15) is 8.42 Å². The molecule has 0 saturated carbocycles. The molecule has 9 heteroatoms. The Kier molecular flexibility index (Phi) is 11.4. The van der Waals surface area contributed by atoms with Gasteiger partial charge in [0.2, 0.25) is 10.0 Å². The lowest BCUT2D eigenvalue weighted by Gasteiger charge is -2.27. The molecule has 0 aromatic carbocycles. The van der Waals surface area contributed by atoms with Gasteiger partial charge in [0.15, 0.2) is 5.96 Å². The minimum absolute atomic E-state index is 0. The second kappa shape index (κ2) is 11.5. The van der Waals surface area contributed by atoms with Crippen molar-refractivity contribution < 1.29 is 8.42 Å². The monoisotopic (exact) mass is 475 g/mol. The van der Waals surface area contributed by atoms with Crippen LogP contribution in [0, 0.1) is 0 Å². The Morgan fingerprint density at radius 1 is 1.17 bits per heavy atom. The van der Waals surface area contributed by atoms with Gasteiger partial charge in [-0.15, -0.1) is 24.0 Å². The smallest absolute Gasteiger partial charge is 0.209 e. The maximum Gasteiger partial charge on any atom is 0.209 e. The fraction of sp³-hybridized carbons (Fsp3) is 0.933. The molecule has 1 aliphatic heterocycles. The van der Waals surface area contributed by atoms with Crippen molar-refractivity contribution in [1.29, 1.82) is 0 Å². The van der Waals surface area contributed by atoms with Crippen LogP contribution in [0.2, 0.25) is 0 Å². The molecule has 24 heavy (non-hydrogen) atoms. The number of nitrogens with zero attached hydrogens (tertiary/aromatic N) is 2. The zero-order valence-corrected chi connectivity index (χ0v) is 18.5. The largest absolute Gasteiger partial charge is 0.357 e. The summed E-state index contributed by atoms with van der Waals surface area (Å²) in [6, 6.07) is 0. The topological polar surface area (TPSA) is 85.8 Å². The molecule has 0 aromatic heterocycles. The van der Waals surface area contributed by atoms with E-state index in [2.05, 4.69) is 25.2 Å². The van der Waals surface area contributed by atoms with E-state index in [4.69, 9.17) is 0 Å². The summed E-state index contributed by atoms with van der Waals surface area (Å²) < 4.78 is 25.3. The average molecular weight is 475 g/mol. The lowest BCUT2D eigenvalue weighted by molar-refractivity contribution is 0.232. The third-order valence-corrected chi connectivity index (χ3v) is 4.53. The number of piperidine rings is 1. The maximum absolute atomic E-state index is 11.4. The van der Waals surface area contributed by atoms with Crippen LogP contribution in [0.4, 0.5) is 0 Å². The molecule has 0 aliphatic carbocycles. The SMILES string of the molecule is CCNC(=NCC(C)(C)NS(C)(=O)=O)NCCN1CCCCC1.I. The molecule has 1 rings (SSSR count). The van der Waals surface area contributed by atoms with E-state index in [1.807, 2.05) is 20.8 Å². The molecule has 0 amide bonds. The lowest BCUT2D eigenvalue weighted by Crippen LogP contribution is -2.47. The first-order valence-corrected chi connectivity index (χ1v) is 10.3. The average Bonchev–Trinajstić information content (AvgIpc) is 2.43. The van der Waals surface area contributed by atoms with Crippen LogP contribution in [0.3, 0.4) is 0 Å². The summed E-state index contributed by atoms with van der Waals surface area (Å²) in [5.74, 6) is 0.730. The summed E-state index contributed by atoms with van der Waals surface area (Å²) in [4.78, 5) is 6.97. The van der Waals surface area contributed by atoms with Gasteiger partial charge in [0.1, 0.15) is 0 Å². The second-order valence-corrected chi connectivity index (χ2v) is 8.53. The zero-order valence-electron chi connectivity index (χ0n) is 15.4. The van der Waals surface area contributed by atoms with Crippen molar-refractivity contribution in [1.82, 2.24) is 20.3 Å². The predicted octanol–water partition coefficient (Wildman–Crippen LogP) is 0.973. The number of guanidine groups is 1. The van der Waals surface area contributed by atoms with Crippen molar-refractivity contribution in [2.75, 3.05) is 45.5 Å². The van der Waals surface area contributed by atoms with Crippen molar-refractivity contribution in [3.05, 3.63) is 0 Å². The molecular formula is C15H34IN5O2S. The number of hydrogen-bond acceptors (Lipinski definition) is 4. The molecule has 0 spiro atoms. The Bertz CT molecular complexity index is 476. The van der Waals surface area contributed by atoms with E-state index in [0.29, 0.717) is 6.54 Å². The van der Waals surface area contributed by atoms with Crippen LogP contribution in [0.5, 0.6) is 0 Å². The molecule has 1 heterocycles. The highest BCUT2D eigenvalue weighted by Crippen LogP contribution is 2.07. The molecule has 144 valence electrons. The van der Waals surface area contributed by atoms with Gasteiger partial charge < -0.3 is 15.5 Å². The summed E-state index contributed by atoms with van der Waals surface area (Å²) in [7, 11) is -3.24. The molecule has 0 atom stereocenters. The Morgan fingerprint density at radius 3 is 2.33 bits per heavy atom. The van der Waals surface area contributed by atoms with Crippen molar-refractivity contribution in [3.63, 3.8) is 0 Å². The highest BCUT2D eigenvalue weighted by molar-refractivity contribution is 14.0. The van der Waals surface area contributed by atoms with Crippen molar-refractivity contribution in [2.45, 2.75) is 45.6 Å². The van der Waals surface area contributed by atoms with Gasteiger partial charge in [-0.1, -0.05) is 6.42 Å². The van der Waals surface area contributed by atoms with E-state index >= 15 is 0 Å². The Morgan fingerprint density at radius 2 is 1.79 bits per heavy atom. The Hall–Kier alpha value is -0.130. The van der Waals surface area contributed by atoms with Crippen LogP contribution in [0.1, 0.15) is 40.0 Å². The summed E-state index contributed by atoms with van der Waals surface area (Å²) in [6.07, 6.45) is 5.09. The number of likely N-dealkylation sites (tertiary alicyclic amines) is 1. The number of nitrogens with one attached hydrogen (secondary N) is 3. The van der Waals surface area contributed by atoms with Crippen LogP contribution in [-0.4, -0.2) is 70.3 Å². The van der Waals surface area contributed by atoms with E-state index in [0.717, 1.165) is 25.6 Å². The minimum Gasteiger partial charge on any atom is -0.357 e. The number of aliphatic imine (C=N–C) groups is 1. The fourth-order valence-electron chi connectivity index (χ4n) is 2.67. The van der Waals surface area contributed by atoms with Crippen LogP contribution in [-0.2, 0) is 10.0 Å².